The molecular weight excluding hydrogens is 313 g/mol. The molecule has 0 unspecified atom stereocenters. The smallest absolute Gasteiger partial charge is 0.205 e. The van der Waals surface area contributed by atoms with E-state index < -0.39 is 5.82 Å². The molecule has 0 radical (unpaired) electrons. The van der Waals surface area contributed by atoms with E-state index in [2.05, 4.69) is 20.9 Å². The van der Waals surface area contributed by atoms with E-state index in [0.29, 0.717) is 16.0 Å². The van der Waals surface area contributed by atoms with Crippen molar-refractivity contribution >= 4 is 27.3 Å². The number of benzene rings is 1. The maximum Gasteiger partial charge on any atom is 0.205 e. The van der Waals surface area contributed by atoms with Crippen LogP contribution in [0.25, 0.3) is 5.65 Å². The third kappa shape index (κ3) is 2.15. The summed E-state index contributed by atoms with van der Waals surface area (Å²) in [5.41, 5.74) is 6.91. The summed E-state index contributed by atoms with van der Waals surface area (Å²) in [5.74, 6) is 0.354. The highest BCUT2D eigenvalue weighted by Crippen LogP contribution is 2.32. The predicted octanol–water partition coefficient (Wildman–Crippen LogP) is 3.61. The summed E-state index contributed by atoms with van der Waals surface area (Å²) < 4.78 is 21.2. The highest BCUT2D eigenvalue weighted by Gasteiger charge is 2.10. The number of ether oxygens (including phenoxy) is 1. The minimum Gasteiger partial charge on any atom is -0.438 e. The first-order valence-electron chi connectivity index (χ1n) is 5.49. The zero-order valence-corrected chi connectivity index (χ0v) is 11.3. The number of imidazole rings is 1. The van der Waals surface area contributed by atoms with Gasteiger partial charge in [0.05, 0.1) is 10.2 Å². The number of pyridine rings is 1. The van der Waals surface area contributed by atoms with Crippen LogP contribution < -0.4 is 10.5 Å². The van der Waals surface area contributed by atoms with E-state index in [1.807, 2.05) is 12.1 Å². The van der Waals surface area contributed by atoms with Crippen molar-refractivity contribution < 1.29 is 9.13 Å². The molecule has 0 saturated heterocycles. The van der Waals surface area contributed by atoms with Crippen molar-refractivity contribution in [1.29, 1.82) is 0 Å². The van der Waals surface area contributed by atoms with Gasteiger partial charge >= 0.3 is 0 Å². The molecule has 0 aliphatic heterocycles. The fraction of sp³-hybridized carbons (Fsp3) is 0. The van der Waals surface area contributed by atoms with Crippen LogP contribution in [-0.2, 0) is 0 Å². The Bertz CT molecular complexity index is 757. The molecule has 0 aliphatic rings. The number of anilines is 1. The highest BCUT2D eigenvalue weighted by atomic mass is 79.9. The Hall–Kier alpha value is -2.08. The van der Waals surface area contributed by atoms with Crippen molar-refractivity contribution in [1.82, 2.24) is 9.38 Å². The topological polar surface area (TPSA) is 52.5 Å². The first-order chi connectivity index (χ1) is 9.15. The highest BCUT2D eigenvalue weighted by molar-refractivity contribution is 9.10. The van der Waals surface area contributed by atoms with Crippen molar-refractivity contribution in [2.24, 2.45) is 0 Å². The van der Waals surface area contributed by atoms with Gasteiger partial charge in [-0.2, -0.15) is 0 Å². The average molecular weight is 322 g/mol. The van der Waals surface area contributed by atoms with Gasteiger partial charge in [0.1, 0.15) is 11.5 Å². The van der Waals surface area contributed by atoms with Gasteiger partial charge in [-0.15, -0.1) is 0 Å². The molecule has 0 aliphatic carbocycles. The van der Waals surface area contributed by atoms with Gasteiger partial charge in [-0.25, -0.2) is 9.37 Å². The molecule has 3 rings (SSSR count). The molecule has 0 amide bonds. The number of rotatable bonds is 2. The van der Waals surface area contributed by atoms with Gasteiger partial charge in [-0.05, 0) is 34.1 Å². The molecule has 19 heavy (non-hydrogen) atoms. The van der Waals surface area contributed by atoms with E-state index in [1.54, 1.807) is 22.9 Å². The van der Waals surface area contributed by atoms with Gasteiger partial charge in [0.15, 0.2) is 5.75 Å². The van der Waals surface area contributed by atoms with E-state index in [9.17, 15) is 4.39 Å². The summed E-state index contributed by atoms with van der Waals surface area (Å²) in [6.45, 7) is 0. The van der Waals surface area contributed by atoms with Crippen molar-refractivity contribution in [3.05, 3.63) is 53.0 Å². The molecule has 0 spiro atoms. The molecule has 6 heteroatoms. The van der Waals surface area contributed by atoms with E-state index in [4.69, 9.17) is 10.5 Å². The van der Waals surface area contributed by atoms with E-state index in [0.717, 1.165) is 5.65 Å². The minimum absolute atomic E-state index is 0.266. The molecule has 3 aromatic rings. The van der Waals surface area contributed by atoms with Crippen LogP contribution >= 0.6 is 15.9 Å². The molecule has 2 heterocycles. The van der Waals surface area contributed by atoms with E-state index in [-0.39, 0.29) is 5.75 Å². The lowest BCUT2D eigenvalue weighted by Gasteiger charge is -2.10. The summed E-state index contributed by atoms with van der Waals surface area (Å²) in [5, 5.41) is 0. The fourth-order valence-electron chi connectivity index (χ4n) is 1.75. The standard InChI is InChI=1S/C13H9BrFN3O/c14-8-6-10(16)11(7-9(8)15)19-13-3-1-2-12-17-4-5-18(12)13/h1-7H,16H2. The van der Waals surface area contributed by atoms with Crippen molar-refractivity contribution in [3.8, 4) is 11.6 Å². The van der Waals surface area contributed by atoms with Crippen LogP contribution in [0.5, 0.6) is 11.6 Å². The number of nitrogen functional groups attached to an aromatic ring is 1. The monoisotopic (exact) mass is 321 g/mol. The number of hydrogen-bond acceptors (Lipinski definition) is 3. The van der Waals surface area contributed by atoms with Crippen LogP contribution in [0.3, 0.4) is 0 Å². The fourth-order valence-corrected chi connectivity index (χ4v) is 2.11. The number of nitrogens with two attached hydrogens (primary N) is 1. The quantitative estimate of drug-likeness (QED) is 0.733. The number of nitrogens with zero attached hydrogens (tertiary/aromatic N) is 2. The number of fused-ring (bicyclic) bond motifs is 1. The summed E-state index contributed by atoms with van der Waals surface area (Å²) >= 11 is 3.07. The summed E-state index contributed by atoms with van der Waals surface area (Å²) in [6, 6.07) is 8.13. The first-order valence-corrected chi connectivity index (χ1v) is 6.29. The number of aromatic nitrogens is 2. The largest absolute Gasteiger partial charge is 0.438 e. The van der Waals surface area contributed by atoms with Gasteiger partial charge in [-0.1, -0.05) is 6.07 Å². The first kappa shape index (κ1) is 12.0. The summed E-state index contributed by atoms with van der Waals surface area (Å²) in [7, 11) is 0. The molecular formula is C13H9BrFN3O. The van der Waals surface area contributed by atoms with Crippen LogP contribution in [0.4, 0.5) is 10.1 Å². The second-order valence-electron chi connectivity index (χ2n) is 3.93. The van der Waals surface area contributed by atoms with Gasteiger partial charge in [0, 0.05) is 18.5 Å². The molecule has 0 atom stereocenters. The van der Waals surface area contributed by atoms with Crippen molar-refractivity contribution in [2.75, 3.05) is 5.73 Å². The van der Waals surface area contributed by atoms with Gasteiger partial charge in [0.25, 0.3) is 0 Å². The molecule has 4 nitrogen and oxygen atoms in total. The van der Waals surface area contributed by atoms with Gasteiger partial charge < -0.3 is 10.5 Å². The minimum atomic E-state index is -0.429. The second kappa shape index (κ2) is 4.55. The number of halogens is 2. The van der Waals surface area contributed by atoms with Gasteiger partial charge in [-0.3, -0.25) is 4.40 Å². The Morgan fingerprint density at radius 2 is 2.16 bits per heavy atom. The van der Waals surface area contributed by atoms with Crippen LogP contribution in [0, 0.1) is 5.82 Å². The molecule has 96 valence electrons. The molecule has 1 aromatic carbocycles. The van der Waals surface area contributed by atoms with Crippen LogP contribution in [0.2, 0.25) is 0 Å². The van der Waals surface area contributed by atoms with Crippen molar-refractivity contribution in [3.63, 3.8) is 0 Å². The van der Waals surface area contributed by atoms with Crippen LogP contribution in [0.15, 0.2) is 47.2 Å². The Morgan fingerprint density at radius 1 is 1.32 bits per heavy atom. The van der Waals surface area contributed by atoms with E-state index >= 15 is 0 Å². The Kier molecular flexibility index (Phi) is 2.87. The maximum absolute atomic E-state index is 13.5. The second-order valence-corrected chi connectivity index (χ2v) is 4.78. The number of hydrogen-bond donors (Lipinski definition) is 1. The molecule has 2 N–H and O–H groups in total. The van der Waals surface area contributed by atoms with Gasteiger partial charge in [0.2, 0.25) is 5.88 Å². The molecule has 0 saturated carbocycles. The summed E-state index contributed by atoms with van der Waals surface area (Å²) in [6.07, 6.45) is 3.42. The normalized spacial score (nSPS) is 10.8. The van der Waals surface area contributed by atoms with Crippen LogP contribution in [-0.4, -0.2) is 9.38 Å². The van der Waals surface area contributed by atoms with Crippen molar-refractivity contribution in [2.45, 2.75) is 0 Å². The Morgan fingerprint density at radius 3 is 3.00 bits per heavy atom. The zero-order chi connectivity index (χ0) is 13.4. The molecule has 0 fully saturated rings. The third-order valence-electron chi connectivity index (χ3n) is 2.66. The average Bonchev–Trinajstić information content (AvgIpc) is 2.85. The van der Waals surface area contributed by atoms with Crippen LogP contribution in [0.1, 0.15) is 0 Å². The zero-order valence-electron chi connectivity index (χ0n) is 9.68. The lowest BCUT2D eigenvalue weighted by Crippen LogP contribution is -1.97. The Balaban J connectivity index is 2.06. The third-order valence-corrected chi connectivity index (χ3v) is 3.27. The Labute approximate surface area is 116 Å². The predicted molar refractivity (Wildman–Crippen MR) is 73.8 cm³/mol. The lowest BCUT2D eigenvalue weighted by atomic mass is 10.3. The lowest BCUT2D eigenvalue weighted by molar-refractivity contribution is 0.453. The maximum atomic E-state index is 13.5. The molecule has 2 aromatic heterocycles. The SMILES string of the molecule is Nc1cc(Br)c(F)cc1Oc1cccc2nccn12. The van der Waals surface area contributed by atoms with E-state index in [1.165, 1.54) is 12.1 Å². The summed E-state index contributed by atoms with van der Waals surface area (Å²) in [4.78, 5) is 4.15. The molecule has 0 bridgehead atoms.